The van der Waals surface area contributed by atoms with Gasteiger partial charge < -0.3 is 9.88 Å². The summed E-state index contributed by atoms with van der Waals surface area (Å²) in [6, 6.07) is 9.32. The van der Waals surface area contributed by atoms with Crippen LogP contribution in [0.5, 0.6) is 0 Å². The quantitative estimate of drug-likeness (QED) is 0.578. The number of aromatic nitrogens is 5. The van der Waals surface area contributed by atoms with Crippen LogP contribution in [-0.2, 0) is 7.05 Å². The molecule has 1 aromatic carbocycles. The van der Waals surface area contributed by atoms with Gasteiger partial charge in [-0.15, -0.1) is 0 Å². The van der Waals surface area contributed by atoms with E-state index in [2.05, 4.69) is 25.2 Å². The van der Waals surface area contributed by atoms with Crippen LogP contribution in [0.4, 0.5) is 11.5 Å². The van der Waals surface area contributed by atoms with Gasteiger partial charge in [0.2, 0.25) is 0 Å². The molecule has 7 nitrogen and oxygen atoms in total. The summed E-state index contributed by atoms with van der Waals surface area (Å²) >= 11 is 0. The summed E-state index contributed by atoms with van der Waals surface area (Å²) in [6.07, 6.45) is 1.74. The summed E-state index contributed by atoms with van der Waals surface area (Å²) in [4.78, 5) is 12.4. The standard InChI is InChI=1S/C16H13N7/c1-17-11-6-4-5-10(7-11)12-8-13-20-15(18-2)14-16(23(13)21-12)22(3)9-19-14/h4-9H,2-3H3,(H,18,20). The highest BCUT2D eigenvalue weighted by Gasteiger charge is 2.15. The number of imidazole rings is 1. The Kier molecular flexibility index (Phi) is 2.78. The van der Waals surface area contributed by atoms with E-state index in [9.17, 15) is 0 Å². The Morgan fingerprint density at radius 3 is 2.91 bits per heavy atom. The molecule has 0 saturated carbocycles. The molecule has 0 unspecified atom stereocenters. The molecule has 3 aromatic heterocycles. The number of aryl methyl sites for hydroxylation is 1. The van der Waals surface area contributed by atoms with Gasteiger partial charge in [-0.3, -0.25) is 0 Å². The van der Waals surface area contributed by atoms with Gasteiger partial charge in [0.1, 0.15) is 0 Å². The first-order valence-electron chi connectivity index (χ1n) is 7.07. The van der Waals surface area contributed by atoms with Crippen molar-refractivity contribution in [2.24, 2.45) is 7.05 Å². The van der Waals surface area contributed by atoms with Crippen molar-refractivity contribution in [3.8, 4) is 11.3 Å². The van der Waals surface area contributed by atoms with Crippen LogP contribution < -0.4 is 5.32 Å². The Hall–Kier alpha value is -3.40. The minimum Gasteiger partial charge on any atom is -0.371 e. The van der Waals surface area contributed by atoms with Crippen LogP contribution in [0, 0.1) is 6.57 Å². The fraction of sp³-hybridized carbons (Fsp3) is 0.125. The Bertz CT molecular complexity index is 1080. The van der Waals surface area contributed by atoms with Gasteiger partial charge in [-0.05, 0) is 11.6 Å². The maximum absolute atomic E-state index is 7.15. The van der Waals surface area contributed by atoms with Crippen molar-refractivity contribution in [1.82, 2.24) is 24.1 Å². The average Bonchev–Trinajstić information content (AvgIpc) is 3.17. The van der Waals surface area contributed by atoms with Crippen LogP contribution in [0.3, 0.4) is 0 Å². The number of hydrogen-bond donors (Lipinski definition) is 1. The van der Waals surface area contributed by atoms with E-state index in [1.54, 1.807) is 16.9 Å². The van der Waals surface area contributed by atoms with Gasteiger partial charge in [-0.25, -0.2) is 14.8 Å². The fourth-order valence-electron chi connectivity index (χ4n) is 2.66. The lowest BCUT2D eigenvalue weighted by atomic mass is 10.1. The second-order valence-electron chi connectivity index (χ2n) is 5.20. The van der Waals surface area contributed by atoms with E-state index in [0.717, 1.165) is 33.9 Å². The van der Waals surface area contributed by atoms with E-state index in [1.165, 1.54) is 0 Å². The van der Waals surface area contributed by atoms with Gasteiger partial charge in [0.05, 0.1) is 18.6 Å². The van der Waals surface area contributed by atoms with Crippen LogP contribution >= 0.6 is 0 Å². The lowest BCUT2D eigenvalue weighted by molar-refractivity contribution is 0.877. The van der Waals surface area contributed by atoms with Gasteiger partial charge in [-0.2, -0.15) is 9.61 Å². The lowest BCUT2D eigenvalue weighted by Crippen LogP contribution is -2.01. The van der Waals surface area contributed by atoms with Gasteiger partial charge >= 0.3 is 0 Å². The third-order valence-electron chi connectivity index (χ3n) is 3.76. The molecule has 0 aliphatic heterocycles. The normalized spacial score (nSPS) is 11.0. The zero-order valence-corrected chi connectivity index (χ0v) is 12.6. The fourth-order valence-corrected chi connectivity index (χ4v) is 2.66. The average molecular weight is 303 g/mol. The molecule has 0 aliphatic carbocycles. The second kappa shape index (κ2) is 4.81. The van der Waals surface area contributed by atoms with E-state index >= 15 is 0 Å². The Morgan fingerprint density at radius 1 is 1.26 bits per heavy atom. The maximum atomic E-state index is 7.15. The monoisotopic (exact) mass is 303 g/mol. The molecule has 0 radical (unpaired) electrons. The van der Waals surface area contributed by atoms with E-state index in [0.29, 0.717) is 5.69 Å². The first kappa shape index (κ1) is 13.3. The SMILES string of the molecule is [C-]#[N+]c1cccc(-c2cc3nc(NC)c4ncn(C)c4n3n2)c1. The minimum absolute atomic E-state index is 0.592. The van der Waals surface area contributed by atoms with Gasteiger partial charge in [-0.1, -0.05) is 18.2 Å². The molecular weight excluding hydrogens is 290 g/mol. The third-order valence-corrected chi connectivity index (χ3v) is 3.76. The van der Waals surface area contributed by atoms with Crippen molar-refractivity contribution in [1.29, 1.82) is 0 Å². The topological polar surface area (TPSA) is 64.4 Å². The molecule has 1 N–H and O–H groups in total. The zero-order valence-electron chi connectivity index (χ0n) is 12.6. The molecule has 0 saturated heterocycles. The Balaban J connectivity index is 2.02. The van der Waals surface area contributed by atoms with Crippen LogP contribution in [-0.4, -0.2) is 31.2 Å². The predicted molar refractivity (Wildman–Crippen MR) is 88.5 cm³/mol. The molecule has 0 amide bonds. The molecule has 0 aliphatic rings. The van der Waals surface area contributed by atoms with Crippen LogP contribution in [0.2, 0.25) is 0 Å². The molecule has 7 heteroatoms. The summed E-state index contributed by atoms with van der Waals surface area (Å²) in [5.41, 5.74) is 4.63. The Labute approximate surface area is 132 Å². The molecule has 4 aromatic rings. The van der Waals surface area contributed by atoms with Gasteiger partial charge in [0, 0.05) is 20.2 Å². The molecule has 23 heavy (non-hydrogen) atoms. The van der Waals surface area contributed by atoms with E-state index in [1.807, 2.05) is 42.9 Å². The number of anilines is 1. The molecule has 4 rings (SSSR count). The Morgan fingerprint density at radius 2 is 2.13 bits per heavy atom. The number of nitrogens with one attached hydrogen (secondary N) is 1. The minimum atomic E-state index is 0.592. The summed E-state index contributed by atoms with van der Waals surface area (Å²) in [5.74, 6) is 0.717. The smallest absolute Gasteiger partial charge is 0.187 e. The highest BCUT2D eigenvalue weighted by Crippen LogP contribution is 2.27. The van der Waals surface area contributed by atoms with Crippen molar-refractivity contribution < 1.29 is 0 Å². The summed E-state index contributed by atoms with van der Waals surface area (Å²) in [7, 11) is 3.75. The first-order valence-corrected chi connectivity index (χ1v) is 7.07. The molecule has 0 atom stereocenters. The highest BCUT2D eigenvalue weighted by molar-refractivity contribution is 5.86. The summed E-state index contributed by atoms with van der Waals surface area (Å²) in [5, 5.41) is 7.73. The predicted octanol–water partition coefficient (Wildman–Crippen LogP) is 2.88. The van der Waals surface area contributed by atoms with E-state index < -0.39 is 0 Å². The summed E-state index contributed by atoms with van der Waals surface area (Å²) < 4.78 is 3.69. The largest absolute Gasteiger partial charge is 0.371 e. The molecule has 3 heterocycles. The number of rotatable bonds is 2. The van der Waals surface area contributed by atoms with Crippen molar-refractivity contribution in [3.05, 3.63) is 48.1 Å². The molecule has 0 spiro atoms. The second-order valence-corrected chi connectivity index (χ2v) is 5.20. The number of fused-ring (bicyclic) bond motifs is 3. The highest BCUT2D eigenvalue weighted by atomic mass is 15.3. The van der Waals surface area contributed by atoms with Gasteiger partial charge in [0.15, 0.2) is 28.3 Å². The first-order chi connectivity index (χ1) is 11.2. The zero-order chi connectivity index (χ0) is 16.0. The number of hydrogen-bond acceptors (Lipinski definition) is 4. The van der Waals surface area contributed by atoms with Crippen LogP contribution in [0.15, 0.2) is 36.7 Å². The van der Waals surface area contributed by atoms with Crippen molar-refractivity contribution >= 4 is 28.3 Å². The number of nitrogens with zero attached hydrogens (tertiary/aromatic N) is 6. The number of benzene rings is 1. The summed E-state index contributed by atoms with van der Waals surface area (Å²) in [6.45, 7) is 7.15. The third kappa shape index (κ3) is 1.92. The lowest BCUT2D eigenvalue weighted by Gasteiger charge is -2.03. The molecule has 0 fully saturated rings. The van der Waals surface area contributed by atoms with Crippen molar-refractivity contribution in [3.63, 3.8) is 0 Å². The van der Waals surface area contributed by atoms with Crippen LogP contribution in [0.1, 0.15) is 0 Å². The van der Waals surface area contributed by atoms with Crippen LogP contribution in [0.25, 0.3) is 32.9 Å². The molecule has 0 bridgehead atoms. The van der Waals surface area contributed by atoms with E-state index in [4.69, 9.17) is 6.57 Å². The maximum Gasteiger partial charge on any atom is 0.187 e. The van der Waals surface area contributed by atoms with E-state index in [-0.39, 0.29) is 0 Å². The van der Waals surface area contributed by atoms with Crippen molar-refractivity contribution in [2.75, 3.05) is 12.4 Å². The van der Waals surface area contributed by atoms with Crippen molar-refractivity contribution in [2.45, 2.75) is 0 Å². The molecular formula is C16H13N7. The van der Waals surface area contributed by atoms with Gasteiger partial charge in [0.25, 0.3) is 0 Å². The molecule has 112 valence electrons.